The van der Waals surface area contributed by atoms with E-state index >= 15 is 0 Å². The lowest BCUT2D eigenvalue weighted by molar-refractivity contribution is -0.118. The normalized spacial score (nSPS) is 11.9. The van der Waals surface area contributed by atoms with E-state index in [1.54, 1.807) is 0 Å². The average Bonchev–Trinajstić information content (AvgIpc) is 2.63. The van der Waals surface area contributed by atoms with Crippen molar-refractivity contribution in [2.24, 2.45) is 5.73 Å². The number of aryl methyl sites for hydroxylation is 1. The summed E-state index contributed by atoms with van der Waals surface area (Å²) >= 11 is 0. The summed E-state index contributed by atoms with van der Waals surface area (Å²) in [4.78, 5) is 10.9. The Kier molecular flexibility index (Phi) is 12.8. The molecule has 0 aliphatic heterocycles. The maximum atomic E-state index is 10.9. The molecule has 0 saturated carbocycles. The van der Waals surface area contributed by atoms with Crippen LogP contribution in [0.4, 0.5) is 0 Å². The van der Waals surface area contributed by atoms with Crippen LogP contribution in [0.1, 0.15) is 69.4 Å². The number of amides is 1. The fraction of sp³-hybridized carbons (Fsp3) is 0.458. The van der Waals surface area contributed by atoms with Crippen molar-refractivity contribution in [1.82, 2.24) is 0 Å². The summed E-state index contributed by atoms with van der Waals surface area (Å²) in [5, 5.41) is 0. The van der Waals surface area contributed by atoms with Gasteiger partial charge in [-0.15, -0.1) is 0 Å². The molecule has 142 valence electrons. The van der Waals surface area contributed by atoms with Gasteiger partial charge >= 0.3 is 0 Å². The first-order valence-corrected chi connectivity index (χ1v) is 10.0. The fourth-order valence-corrected chi connectivity index (χ4v) is 2.84. The molecule has 1 aromatic rings. The van der Waals surface area contributed by atoms with Crippen molar-refractivity contribution in [3.8, 4) is 0 Å². The molecule has 0 aromatic heterocycles. The van der Waals surface area contributed by atoms with E-state index in [1.165, 1.54) is 36.8 Å². The number of rotatable bonds is 14. The topological polar surface area (TPSA) is 43.1 Å². The highest BCUT2D eigenvalue weighted by atomic mass is 16.1. The molecule has 0 spiro atoms. The summed E-state index contributed by atoms with van der Waals surface area (Å²) < 4.78 is 0. The number of hydrogen-bond donors (Lipinski definition) is 1. The maximum absolute atomic E-state index is 10.9. The second kappa shape index (κ2) is 15.2. The highest BCUT2D eigenvalue weighted by Gasteiger charge is 2.01. The molecule has 0 aliphatic rings. The molecule has 1 amide bonds. The number of carbonyl (C=O) groups excluding carboxylic acids is 1. The Morgan fingerprint density at radius 3 is 2.23 bits per heavy atom. The third-order valence-corrected chi connectivity index (χ3v) is 4.34. The molecule has 0 atom stereocenters. The van der Waals surface area contributed by atoms with Crippen molar-refractivity contribution in [3.05, 3.63) is 71.8 Å². The highest BCUT2D eigenvalue weighted by molar-refractivity contribution is 5.73. The van der Waals surface area contributed by atoms with Gasteiger partial charge in [0.1, 0.15) is 0 Å². The number of carbonyl (C=O) groups is 1. The van der Waals surface area contributed by atoms with Gasteiger partial charge in [-0.2, -0.15) is 0 Å². The lowest BCUT2D eigenvalue weighted by atomic mass is 9.99. The van der Waals surface area contributed by atoms with Crippen LogP contribution in [-0.4, -0.2) is 5.91 Å². The van der Waals surface area contributed by atoms with E-state index in [0.29, 0.717) is 6.42 Å². The molecule has 0 heterocycles. The summed E-state index contributed by atoms with van der Waals surface area (Å²) in [6, 6.07) is 8.46. The number of primary amides is 1. The van der Waals surface area contributed by atoms with Crippen molar-refractivity contribution in [1.29, 1.82) is 0 Å². The quantitative estimate of drug-likeness (QED) is 0.320. The van der Waals surface area contributed by atoms with E-state index in [1.807, 2.05) is 0 Å². The molecule has 1 rings (SSSR count). The minimum Gasteiger partial charge on any atom is -0.370 e. The molecule has 2 nitrogen and oxygen atoms in total. The van der Waals surface area contributed by atoms with E-state index < -0.39 is 0 Å². The van der Waals surface area contributed by atoms with Gasteiger partial charge in [0.2, 0.25) is 5.91 Å². The van der Waals surface area contributed by atoms with E-state index in [9.17, 15) is 4.79 Å². The zero-order chi connectivity index (χ0) is 18.9. The molecule has 2 N–H and O–H groups in total. The predicted molar refractivity (Wildman–Crippen MR) is 113 cm³/mol. The SMILES string of the molecule is CCCCC/C=C\C/C=C\C/C=C\Cc1ccccc1CCCC(N)=O. The number of unbranched alkanes of at least 4 members (excludes halogenated alkanes) is 3. The van der Waals surface area contributed by atoms with Gasteiger partial charge in [-0.3, -0.25) is 4.79 Å². The second-order valence-electron chi connectivity index (χ2n) is 6.67. The van der Waals surface area contributed by atoms with Crippen molar-refractivity contribution in [2.45, 2.75) is 71.1 Å². The summed E-state index contributed by atoms with van der Waals surface area (Å²) in [5.41, 5.74) is 7.88. The third kappa shape index (κ3) is 11.5. The molecule has 0 unspecified atom stereocenters. The van der Waals surface area contributed by atoms with Gasteiger partial charge in [0, 0.05) is 6.42 Å². The summed E-state index contributed by atoms with van der Waals surface area (Å²) in [5.74, 6) is -0.218. The first kappa shape index (κ1) is 22.0. The minimum atomic E-state index is -0.218. The van der Waals surface area contributed by atoms with Gasteiger partial charge in [-0.05, 0) is 56.1 Å². The zero-order valence-corrected chi connectivity index (χ0v) is 16.3. The van der Waals surface area contributed by atoms with Crippen LogP contribution < -0.4 is 5.73 Å². The first-order valence-electron chi connectivity index (χ1n) is 10.0. The van der Waals surface area contributed by atoms with Gasteiger partial charge in [-0.1, -0.05) is 80.5 Å². The molecule has 26 heavy (non-hydrogen) atoms. The largest absolute Gasteiger partial charge is 0.370 e. The lowest BCUT2D eigenvalue weighted by Crippen LogP contribution is -2.10. The van der Waals surface area contributed by atoms with Crippen LogP contribution in [0, 0.1) is 0 Å². The maximum Gasteiger partial charge on any atom is 0.217 e. The lowest BCUT2D eigenvalue weighted by Gasteiger charge is -2.06. The summed E-state index contributed by atoms with van der Waals surface area (Å²) in [7, 11) is 0. The van der Waals surface area contributed by atoms with E-state index in [4.69, 9.17) is 5.73 Å². The molecule has 1 aromatic carbocycles. The Labute approximate surface area is 159 Å². The monoisotopic (exact) mass is 353 g/mol. The predicted octanol–water partition coefficient (Wildman–Crippen LogP) is 6.07. The molecule has 0 radical (unpaired) electrons. The van der Waals surface area contributed by atoms with Gasteiger partial charge < -0.3 is 5.73 Å². The van der Waals surface area contributed by atoms with Crippen LogP contribution >= 0.6 is 0 Å². The van der Waals surface area contributed by atoms with Crippen LogP contribution in [-0.2, 0) is 17.6 Å². The van der Waals surface area contributed by atoms with E-state index in [0.717, 1.165) is 32.1 Å². The zero-order valence-electron chi connectivity index (χ0n) is 16.3. The number of allylic oxidation sites excluding steroid dienone is 6. The Hall–Kier alpha value is -2.09. The van der Waals surface area contributed by atoms with E-state index in [-0.39, 0.29) is 5.91 Å². The molecule has 0 saturated heterocycles. The van der Waals surface area contributed by atoms with Gasteiger partial charge in [0.25, 0.3) is 0 Å². The molecular formula is C24H35NO. The Morgan fingerprint density at radius 1 is 0.885 bits per heavy atom. The van der Waals surface area contributed by atoms with Crippen LogP contribution in [0.15, 0.2) is 60.7 Å². The van der Waals surface area contributed by atoms with E-state index in [2.05, 4.69) is 67.6 Å². The molecule has 2 heteroatoms. The number of benzene rings is 1. The Bertz CT molecular complexity index is 584. The summed E-state index contributed by atoms with van der Waals surface area (Å²) in [6.07, 6.45) is 23.8. The van der Waals surface area contributed by atoms with Crippen molar-refractivity contribution in [2.75, 3.05) is 0 Å². The number of hydrogen-bond acceptors (Lipinski definition) is 1. The Morgan fingerprint density at radius 2 is 1.54 bits per heavy atom. The van der Waals surface area contributed by atoms with Crippen LogP contribution in [0.3, 0.4) is 0 Å². The summed E-state index contributed by atoms with van der Waals surface area (Å²) in [6.45, 7) is 2.24. The van der Waals surface area contributed by atoms with Gasteiger partial charge in [0.05, 0.1) is 0 Å². The standard InChI is InChI=1S/C24H35NO/c1-2-3-4-5-6-7-8-9-10-11-12-13-17-22-18-14-15-19-23(22)20-16-21-24(25)26/h6-7,9-10,12-15,18-19H,2-5,8,11,16-17,20-21H2,1H3,(H2,25,26)/b7-6-,10-9-,13-12-. The van der Waals surface area contributed by atoms with Crippen molar-refractivity contribution in [3.63, 3.8) is 0 Å². The third-order valence-electron chi connectivity index (χ3n) is 4.34. The second-order valence-corrected chi connectivity index (χ2v) is 6.67. The van der Waals surface area contributed by atoms with Crippen LogP contribution in [0.5, 0.6) is 0 Å². The minimum absolute atomic E-state index is 0.218. The first-order chi connectivity index (χ1) is 12.7. The van der Waals surface area contributed by atoms with Crippen molar-refractivity contribution >= 4 is 5.91 Å². The fourth-order valence-electron chi connectivity index (χ4n) is 2.84. The van der Waals surface area contributed by atoms with Crippen molar-refractivity contribution < 1.29 is 4.79 Å². The smallest absolute Gasteiger partial charge is 0.217 e. The van der Waals surface area contributed by atoms with Gasteiger partial charge in [0.15, 0.2) is 0 Å². The molecule has 0 fully saturated rings. The highest BCUT2D eigenvalue weighted by Crippen LogP contribution is 2.13. The van der Waals surface area contributed by atoms with Gasteiger partial charge in [-0.25, -0.2) is 0 Å². The number of nitrogens with two attached hydrogens (primary N) is 1. The Balaban J connectivity index is 2.25. The molecular weight excluding hydrogens is 318 g/mol. The van der Waals surface area contributed by atoms with Crippen LogP contribution in [0.2, 0.25) is 0 Å². The van der Waals surface area contributed by atoms with Crippen LogP contribution in [0.25, 0.3) is 0 Å². The molecule has 0 aliphatic carbocycles. The molecule has 0 bridgehead atoms. The average molecular weight is 354 g/mol.